The second kappa shape index (κ2) is 5.92. The van der Waals surface area contributed by atoms with Crippen LogP contribution in [0.3, 0.4) is 0 Å². The molecule has 3 N–H and O–H groups in total. The van der Waals surface area contributed by atoms with Gasteiger partial charge in [0.15, 0.2) is 6.10 Å². The average Bonchev–Trinajstić information content (AvgIpc) is 2.88. The SMILES string of the molecule is Cc1cc(C(=O)NCC2CCC(C(=O)O)O2)ccc1O. The quantitative estimate of drug-likeness (QED) is 0.766. The number of aryl methyl sites for hydroxylation is 1. The number of nitrogens with one attached hydrogen (secondary N) is 1. The van der Waals surface area contributed by atoms with Gasteiger partial charge in [0.1, 0.15) is 5.75 Å². The third-order valence-electron chi connectivity index (χ3n) is 3.33. The van der Waals surface area contributed by atoms with Crippen LogP contribution in [0.25, 0.3) is 0 Å². The number of aromatic hydroxyl groups is 1. The predicted molar refractivity (Wildman–Crippen MR) is 70.7 cm³/mol. The van der Waals surface area contributed by atoms with Crippen LogP contribution in [-0.4, -0.2) is 40.8 Å². The first-order valence-corrected chi connectivity index (χ1v) is 6.43. The van der Waals surface area contributed by atoms with E-state index in [1.54, 1.807) is 13.0 Å². The Morgan fingerprint density at radius 1 is 1.40 bits per heavy atom. The van der Waals surface area contributed by atoms with E-state index in [-0.39, 0.29) is 24.3 Å². The molecule has 0 aliphatic carbocycles. The van der Waals surface area contributed by atoms with E-state index in [1.165, 1.54) is 12.1 Å². The van der Waals surface area contributed by atoms with Crippen LogP contribution in [0.1, 0.15) is 28.8 Å². The summed E-state index contributed by atoms with van der Waals surface area (Å²) in [6, 6.07) is 4.60. The van der Waals surface area contributed by atoms with E-state index in [2.05, 4.69) is 5.32 Å². The van der Waals surface area contributed by atoms with Gasteiger partial charge in [-0.1, -0.05) is 0 Å². The van der Waals surface area contributed by atoms with Gasteiger partial charge < -0.3 is 20.3 Å². The van der Waals surface area contributed by atoms with Gasteiger partial charge in [-0.2, -0.15) is 0 Å². The van der Waals surface area contributed by atoms with Gasteiger partial charge in [-0.3, -0.25) is 4.79 Å². The lowest BCUT2D eigenvalue weighted by Gasteiger charge is -2.12. The van der Waals surface area contributed by atoms with Crippen LogP contribution in [0.4, 0.5) is 0 Å². The monoisotopic (exact) mass is 279 g/mol. The van der Waals surface area contributed by atoms with Crippen molar-refractivity contribution < 1.29 is 24.5 Å². The van der Waals surface area contributed by atoms with E-state index in [9.17, 15) is 14.7 Å². The summed E-state index contributed by atoms with van der Waals surface area (Å²) in [6.45, 7) is 1.99. The average molecular weight is 279 g/mol. The highest BCUT2D eigenvalue weighted by molar-refractivity contribution is 5.94. The van der Waals surface area contributed by atoms with E-state index in [0.29, 0.717) is 24.0 Å². The van der Waals surface area contributed by atoms with Crippen LogP contribution < -0.4 is 5.32 Å². The number of amides is 1. The minimum atomic E-state index is -0.965. The van der Waals surface area contributed by atoms with E-state index in [1.807, 2.05) is 0 Å². The first kappa shape index (κ1) is 14.3. The van der Waals surface area contributed by atoms with Crippen LogP contribution in [-0.2, 0) is 9.53 Å². The van der Waals surface area contributed by atoms with Gasteiger partial charge in [0.05, 0.1) is 6.10 Å². The number of benzene rings is 1. The fourth-order valence-corrected chi connectivity index (χ4v) is 2.14. The molecule has 1 saturated heterocycles. The number of carbonyl (C=O) groups is 2. The van der Waals surface area contributed by atoms with Crippen LogP contribution in [0.15, 0.2) is 18.2 Å². The van der Waals surface area contributed by atoms with E-state index in [0.717, 1.165) is 0 Å². The summed E-state index contributed by atoms with van der Waals surface area (Å²) < 4.78 is 5.30. The molecule has 20 heavy (non-hydrogen) atoms. The molecule has 2 atom stereocenters. The topological polar surface area (TPSA) is 95.9 Å². The summed E-state index contributed by atoms with van der Waals surface area (Å²) in [5.41, 5.74) is 1.08. The summed E-state index contributed by atoms with van der Waals surface area (Å²) in [6.07, 6.45) is 0.0473. The molecule has 6 heteroatoms. The van der Waals surface area contributed by atoms with Crippen molar-refractivity contribution in [2.24, 2.45) is 0 Å². The number of carboxylic acid groups (broad SMARTS) is 1. The van der Waals surface area contributed by atoms with Crippen molar-refractivity contribution >= 4 is 11.9 Å². The highest BCUT2D eigenvalue weighted by atomic mass is 16.5. The Morgan fingerprint density at radius 3 is 2.75 bits per heavy atom. The zero-order chi connectivity index (χ0) is 14.7. The maximum atomic E-state index is 11.9. The molecule has 1 amide bonds. The van der Waals surface area contributed by atoms with Crippen molar-refractivity contribution in [3.8, 4) is 5.75 Å². The van der Waals surface area contributed by atoms with Gasteiger partial charge in [0.25, 0.3) is 5.91 Å². The molecular weight excluding hydrogens is 262 g/mol. The molecule has 1 heterocycles. The molecule has 0 bridgehead atoms. The molecule has 2 unspecified atom stereocenters. The van der Waals surface area contributed by atoms with Crippen molar-refractivity contribution in [1.29, 1.82) is 0 Å². The van der Waals surface area contributed by atoms with Gasteiger partial charge in [-0.05, 0) is 43.5 Å². The van der Waals surface area contributed by atoms with Gasteiger partial charge in [0.2, 0.25) is 0 Å². The summed E-state index contributed by atoms with van der Waals surface area (Å²) in [5.74, 6) is -1.09. The van der Waals surface area contributed by atoms with E-state index < -0.39 is 12.1 Å². The van der Waals surface area contributed by atoms with Crippen LogP contribution in [0.2, 0.25) is 0 Å². The first-order valence-electron chi connectivity index (χ1n) is 6.43. The number of phenols is 1. The van der Waals surface area contributed by atoms with Crippen molar-refractivity contribution in [3.63, 3.8) is 0 Å². The number of phenolic OH excluding ortho intramolecular Hbond substituents is 1. The molecule has 1 aliphatic heterocycles. The minimum Gasteiger partial charge on any atom is -0.508 e. The van der Waals surface area contributed by atoms with Gasteiger partial charge in [-0.15, -0.1) is 0 Å². The second-order valence-electron chi connectivity index (χ2n) is 4.87. The predicted octanol–water partition coefficient (Wildman–Crippen LogP) is 1.06. The normalized spacial score (nSPS) is 21.6. The minimum absolute atomic E-state index is 0.143. The molecule has 6 nitrogen and oxygen atoms in total. The highest BCUT2D eigenvalue weighted by Crippen LogP contribution is 2.20. The highest BCUT2D eigenvalue weighted by Gasteiger charge is 2.30. The van der Waals surface area contributed by atoms with Crippen molar-refractivity contribution in [1.82, 2.24) is 5.32 Å². The number of carboxylic acids is 1. The third kappa shape index (κ3) is 3.27. The maximum Gasteiger partial charge on any atom is 0.332 e. The number of rotatable bonds is 4. The first-order chi connectivity index (χ1) is 9.47. The molecule has 0 radical (unpaired) electrons. The number of carbonyl (C=O) groups excluding carboxylic acids is 1. The second-order valence-corrected chi connectivity index (χ2v) is 4.87. The Hall–Kier alpha value is -2.08. The molecule has 2 rings (SSSR count). The molecule has 1 aromatic rings. The van der Waals surface area contributed by atoms with Crippen molar-refractivity contribution in [2.45, 2.75) is 32.0 Å². The Bertz CT molecular complexity index is 528. The summed E-state index contributed by atoms with van der Waals surface area (Å²) in [4.78, 5) is 22.7. The Balaban J connectivity index is 1.86. The zero-order valence-corrected chi connectivity index (χ0v) is 11.1. The Labute approximate surface area is 116 Å². The van der Waals surface area contributed by atoms with Crippen LogP contribution in [0.5, 0.6) is 5.75 Å². The van der Waals surface area contributed by atoms with Crippen LogP contribution in [0, 0.1) is 6.92 Å². The van der Waals surface area contributed by atoms with Crippen LogP contribution >= 0.6 is 0 Å². The molecule has 0 saturated carbocycles. The lowest BCUT2D eigenvalue weighted by molar-refractivity contribution is -0.149. The Morgan fingerprint density at radius 2 is 2.15 bits per heavy atom. The largest absolute Gasteiger partial charge is 0.508 e. The molecule has 108 valence electrons. The van der Waals surface area contributed by atoms with E-state index in [4.69, 9.17) is 9.84 Å². The lowest BCUT2D eigenvalue weighted by atomic mass is 10.1. The third-order valence-corrected chi connectivity index (χ3v) is 3.33. The molecule has 0 spiro atoms. The summed E-state index contributed by atoms with van der Waals surface area (Å²) in [5, 5.41) is 20.9. The molecule has 0 aromatic heterocycles. The van der Waals surface area contributed by atoms with Crippen molar-refractivity contribution in [3.05, 3.63) is 29.3 Å². The standard InChI is InChI=1S/C14H17NO5/c1-8-6-9(2-4-11(8)16)13(17)15-7-10-3-5-12(20-10)14(18)19/h2,4,6,10,12,16H,3,5,7H2,1H3,(H,15,17)(H,18,19). The van der Waals surface area contributed by atoms with Crippen molar-refractivity contribution in [2.75, 3.05) is 6.54 Å². The molecule has 1 aliphatic rings. The fraction of sp³-hybridized carbons (Fsp3) is 0.429. The summed E-state index contributed by atoms with van der Waals surface area (Å²) >= 11 is 0. The number of hydrogen-bond acceptors (Lipinski definition) is 4. The van der Waals surface area contributed by atoms with Gasteiger partial charge >= 0.3 is 5.97 Å². The molecular formula is C14H17NO5. The maximum absolute atomic E-state index is 11.9. The fourth-order valence-electron chi connectivity index (χ4n) is 2.14. The molecule has 1 aromatic carbocycles. The zero-order valence-electron chi connectivity index (χ0n) is 11.1. The van der Waals surface area contributed by atoms with Gasteiger partial charge in [0, 0.05) is 12.1 Å². The number of hydrogen-bond donors (Lipinski definition) is 3. The Kier molecular flexibility index (Phi) is 4.24. The number of ether oxygens (including phenoxy) is 1. The lowest BCUT2D eigenvalue weighted by Crippen LogP contribution is -2.33. The smallest absolute Gasteiger partial charge is 0.332 e. The van der Waals surface area contributed by atoms with E-state index >= 15 is 0 Å². The number of aliphatic carboxylic acids is 1. The summed E-state index contributed by atoms with van der Waals surface area (Å²) in [7, 11) is 0. The molecule has 1 fully saturated rings. The van der Waals surface area contributed by atoms with Gasteiger partial charge in [-0.25, -0.2) is 4.79 Å².